The monoisotopic (exact) mass is 367 g/mol. The van der Waals surface area contributed by atoms with E-state index < -0.39 is 0 Å². The highest BCUT2D eigenvalue weighted by Gasteiger charge is 2.24. The van der Waals surface area contributed by atoms with Gasteiger partial charge < -0.3 is 15.0 Å². The van der Waals surface area contributed by atoms with Gasteiger partial charge in [-0.15, -0.1) is 0 Å². The number of benzene rings is 1. The summed E-state index contributed by atoms with van der Waals surface area (Å²) in [7, 11) is 1.69. The lowest BCUT2D eigenvalue weighted by Crippen LogP contribution is -2.42. The van der Waals surface area contributed by atoms with Gasteiger partial charge in [0.2, 0.25) is 5.91 Å². The normalized spacial score (nSPS) is 16.8. The minimum absolute atomic E-state index is 0.0286. The summed E-state index contributed by atoms with van der Waals surface area (Å²) in [5.74, 6) is -0.0420. The van der Waals surface area contributed by atoms with E-state index >= 15 is 0 Å². The summed E-state index contributed by atoms with van der Waals surface area (Å²) in [4.78, 5) is 30.2. The molecule has 0 saturated carbocycles. The molecule has 2 aromatic rings. The van der Waals surface area contributed by atoms with E-state index in [0.29, 0.717) is 18.7 Å². The number of aromatic nitrogens is 1. The molecule has 0 aliphatic carbocycles. The number of rotatable bonds is 5. The molecule has 1 aromatic carbocycles. The predicted molar refractivity (Wildman–Crippen MR) is 103 cm³/mol. The SMILES string of the molecule is COC1CCCN(C(=O)c2cccc(-c3ccc(CNC(C)=O)cn3)c2)C1. The van der Waals surface area contributed by atoms with Crippen molar-refractivity contribution in [1.82, 2.24) is 15.2 Å². The first-order valence-electron chi connectivity index (χ1n) is 9.18. The van der Waals surface area contributed by atoms with Crippen LogP contribution in [0.2, 0.25) is 0 Å². The van der Waals surface area contributed by atoms with Gasteiger partial charge in [0.1, 0.15) is 0 Å². The van der Waals surface area contributed by atoms with Crippen LogP contribution in [-0.2, 0) is 16.1 Å². The van der Waals surface area contributed by atoms with E-state index in [0.717, 1.165) is 36.2 Å². The van der Waals surface area contributed by atoms with E-state index in [1.165, 1.54) is 6.92 Å². The second-order valence-electron chi connectivity index (χ2n) is 6.79. The van der Waals surface area contributed by atoms with Gasteiger partial charge in [-0.1, -0.05) is 18.2 Å². The van der Waals surface area contributed by atoms with Gasteiger partial charge in [0, 0.05) is 51.0 Å². The number of nitrogens with one attached hydrogen (secondary N) is 1. The number of amides is 2. The Morgan fingerprint density at radius 1 is 1.30 bits per heavy atom. The second kappa shape index (κ2) is 8.77. The van der Waals surface area contributed by atoms with Crippen LogP contribution in [0, 0.1) is 0 Å². The summed E-state index contributed by atoms with van der Waals surface area (Å²) in [6.45, 7) is 3.34. The lowest BCUT2D eigenvalue weighted by molar-refractivity contribution is -0.119. The molecule has 27 heavy (non-hydrogen) atoms. The van der Waals surface area contributed by atoms with E-state index in [2.05, 4.69) is 10.3 Å². The van der Waals surface area contributed by atoms with Crippen LogP contribution in [0.5, 0.6) is 0 Å². The highest BCUT2D eigenvalue weighted by molar-refractivity contribution is 5.95. The fourth-order valence-corrected chi connectivity index (χ4v) is 3.24. The Balaban J connectivity index is 1.73. The third-order valence-corrected chi connectivity index (χ3v) is 4.77. The smallest absolute Gasteiger partial charge is 0.253 e. The number of piperidine rings is 1. The van der Waals surface area contributed by atoms with Gasteiger partial charge in [-0.3, -0.25) is 14.6 Å². The fourth-order valence-electron chi connectivity index (χ4n) is 3.24. The molecular weight excluding hydrogens is 342 g/mol. The van der Waals surface area contributed by atoms with E-state index in [9.17, 15) is 9.59 Å². The van der Waals surface area contributed by atoms with E-state index in [1.807, 2.05) is 41.3 Å². The molecule has 1 unspecified atom stereocenters. The fraction of sp³-hybridized carbons (Fsp3) is 0.381. The van der Waals surface area contributed by atoms with Crippen molar-refractivity contribution in [2.45, 2.75) is 32.4 Å². The molecule has 1 aliphatic rings. The van der Waals surface area contributed by atoms with E-state index in [4.69, 9.17) is 4.74 Å². The van der Waals surface area contributed by atoms with Gasteiger partial charge in [0.05, 0.1) is 11.8 Å². The molecule has 6 nitrogen and oxygen atoms in total. The number of nitrogens with zero attached hydrogens (tertiary/aromatic N) is 2. The van der Waals surface area contributed by atoms with Crippen LogP contribution < -0.4 is 5.32 Å². The highest BCUT2D eigenvalue weighted by atomic mass is 16.5. The van der Waals surface area contributed by atoms with Crippen molar-refractivity contribution in [2.75, 3.05) is 20.2 Å². The topological polar surface area (TPSA) is 71.5 Å². The minimum Gasteiger partial charge on any atom is -0.380 e. The number of hydrogen-bond donors (Lipinski definition) is 1. The summed E-state index contributed by atoms with van der Waals surface area (Å²) in [6, 6.07) is 11.4. The number of pyridine rings is 1. The van der Waals surface area contributed by atoms with Crippen LogP contribution in [0.3, 0.4) is 0 Å². The van der Waals surface area contributed by atoms with Crippen LogP contribution in [0.4, 0.5) is 0 Å². The van der Waals surface area contributed by atoms with Crippen molar-refractivity contribution >= 4 is 11.8 Å². The third kappa shape index (κ3) is 4.92. The van der Waals surface area contributed by atoms with Gasteiger partial charge in [0.25, 0.3) is 5.91 Å². The van der Waals surface area contributed by atoms with Crippen molar-refractivity contribution in [2.24, 2.45) is 0 Å². The van der Waals surface area contributed by atoms with Crippen molar-refractivity contribution in [1.29, 1.82) is 0 Å². The Morgan fingerprint density at radius 2 is 2.15 bits per heavy atom. The average molecular weight is 367 g/mol. The maximum Gasteiger partial charge on any atom is 0.253 e. The molecule has 3 rings (SSSR count). The molecule has 2 amide bonds. The molecule has 1 saturated heterocycles. The molecule has 0 radical (unpaired) electrons. The number of carbonyl (C=O) groups excluding carboxylic acids is 2. The van der Waals surface area contributed by atoms with Crippen molar-refractivity contribution in [3.8, 4) is 11.3 Å². The van der Waals surface area contributed by atoms with Crippen molar-refractivity contribution in [3.05, 3.63) is 53.7 Å². The predicted octanol–water partition coefficient (Wildman–Crippen LogP) is 2.64. The molecule has 0 bridgehead atoms. The van der Waals surface area contributed by atoms with E-state index in [-0.39, 0.29) is 17.9 Å². The molecule has 0 spiro atoms. The van der Waals surface area contributed by atoms with Crippen molar-refractivity contribution in [3.63, 3.8) is 0 Å². The van der Waals surface area contributed by atoms with Gasteiger partial charge >= 0.3 is 0 Å². The van der Waals surface area contributed by atoms with Gasteiger partial charge in [-0.05, 0) is 36.6 Å². The quantitative estimate of drug-likeness (QED) is 0.882. The number of methoxy groups -OCH3 is 1. The minimum atomic E-state index is -0.0706. The Bertz CT molecular complexity index is 805. The number of ether oxygens (including phenoxy) is 1. The molecular formula is C21H25N3O3. The first kappa shape index (κ1) is 19.0. The summed E-state index contributed by atoms with van der Waals surface area (Å²) >= 11 is 0. The van der Waals surface area contributed by atoms with Crippen LogP contribution in [-0.4, -0.2) is 48.0 Å². The maximum atomic E-state index is 12.9. The molecule has 1 aromatic heterocycles. The summed E-state index contributed by atoms with van der Waals surface area (Å²) < 4.78 is 5.42. The Labute approximate surface area is 159 Å². The van der Waals surface area contributed by atoms with Gasteiger partial charge in [-0.2, -0.15) is 0 Å². The number of hydrogen-bond acceptors (Lipinski definition) is 4. The lowest BCUT2D eigenvalue weighted by Gasteiger charge is -2.32. The number of likely N-dealkylation sites (tertiary alicyclic amines) is 1. The largest absolute Gasteiger partial charge is 0.380 e. The number of carbonyl (C=O) groups is 2. The average Bonchev–Trinajstić information content (AvgIpc) is 2.72. The molecule has 142 valence electrons. The molecule has 2 heterocycles. The Hall–Kier alpha value is -2.73. The van der Waals surface area contributed by atoms with Crippen LogP contribution in [0.15, 0.2) is 42.6 Å². The van der Waals surface area contributed by atoms with Crippen molar-refractivity contribution < 1.29 is 14.3 Å². The summed E-state index contributed by atoms with van der Waals surface area (Å²) in [6.07, 6.45) is 3.81. The standard InChI is InChI=1S/C21H25N3O3/c1-15(25)22-12-16-8-9-20(23-13-16)17-5-3-6-18(11-17)21(26)24-10-4-7-19(14-24)27-2/h3,5-6,8-9,11,13,19H,4,7,10,12,14H2,1-2H3,(H,22,25). The molecule has 6 heteroatoms. The molecule has 1 N–H and O–H groups in total. The van der Waals surface area contributed by atoms with Crippen LogP contribution in [0.25, 0.3) is 11.3 Å². The zero-order chi connectivity index (χ0) is 19.2. The second-order valence-corrected chi connectivity index (χ2v) is 6.79. The lowest BCUT2D eigenvalue weighted by atomic mass is 10.0. The van der Waals surface area contributed by atoms with Crippen LogP contribution >= 0.6 is 0 Å². The Kier molecular flexibility index (Phi) is 6.19. The Morgan fingerprint density at radius 3 is 2.85 bits per heavy atom. The van der Waals surface area contributed by atoms with E-state index in [1.54, 1.807) is 13.3 Å². The third-order valence-electron chi connectivity index (χ3n) is 4.77. The molecule has 1 fully saturated rings. The zero-order valence-corrected chi connectivity index (χ0v) is 15.8. The summed E-state index contributed by atoms with van der Waals surface area (Å²) in [5.41, 5.74) is 3.28. The zero-order valence-electron chi connectivity index (χ0n) is 15.8. The van der Waals surface area contributed by atoms with Gasteiger partial charge in [0.15, 0.2) is 0 Å². The first-order chi connectivity index (χ1) is 13.1. The maximum absolute atomic E-state index is 12.9. The first-order valence-corrected chi connectivity index (χ1v) is 9.18. The highest BCUT2D eigenvalue weighted by Crippen LogP contribution is 2.21. The summed E-state index contributed by atoms with van der Waals surface area (Å²) in [5, 5.41) is 2.75. The van der Waals surface area contributed by atoms with Gasteiger partial charge in [-0.25, -0.2) is 0 Å². The van der Waals surface area contributed by atoms with Crippen LogP contribution in [0.1, 0.15) is 35.7 Å². The molecule has 1 aliphatic heterocycles. The molecule has 1 atom stereocenters.